The second-order valence-electron chi connectivity index (χ2n) is 10.3. The molecule has 174 valence electrons. The lowest BCUT2D eigenvalue weighted by Gasteiger charge is -2.49. The molecular weight excluding hydrogens is 418 g/mol. The summed E-state index contributed by atoms with van der Waals surface area (Å²) in [7, 11) is 0. The topological polar surface area (TPSA) is 105 Å². The van der Waals surface area contributed by atoms with Crippen LogP contribution in [0.4, 0.5) is 10.6 Å². The van der Waals surface area contributed by atoms with Crippen molar-refractivity contribution in [3.8, 4) is 5.75 Å². The monoisotopic (exact) mass is 449 g/mol. The maximum atomic E-state index is 13.4. The second kappa shape index (κ2) is 7.32. The summed E-state index contributed by atoms with van der Waals surface area (Å²) in [6.45, 7) is 3.24. The van der Waals surface area contributed by atoms with Crippen LogP contribution in [0.3, 0.4) is 0 Å². The average molecular weight is 450 g/mol. The Morgan fingerprint density at radius 3 is 2.48 bits per heavy atom. The zero-order valence-electron chi connectivity index (χ0n) is 19.0. The number of urea groups is 1. The van der Waals surface area contributed by atoms with E-state index in [4.69, 9.17) is 9.98 Å². The van der Waals surface area contributed by atoms with Crippen molar-refractivity contribution in [3.63, 3.8) is 0 Å². The molecule has 7 rings (SSSR count). The predicted molar refractivity (Wildman–Crippen MR) is 125 cm³/mol. The van der Waals surface area contributed by atoms with E-state index in [1.54, 1.807) is 21.9 Å². The van der Waals surface area contributed by atoms with Crippen LogP contribution in [0.25, 0.3) is 0 Å². The fourth-order valence-electron chi connectivity index (χ4n) is 6.11. The first-order valence-electron chi connectivity index (χ1n) is 12.2. The maximum Gasteiger partial charge on any atom is 0.331 e. The molecule has 3 fully saturated rings. The third kappa shape index (κ3) is 3.26. The molecule has 1 atom stereocenters. The van der Waals surface area contributed by atoms with Crippen LogP contribution in [0.1, 0.15) is 69.0 Å². The van der Waals surface area contributed by atoms with Crippen molar-refractivity contribution in [2.45, 2.75) is 75.3 Å². The highest BCUT2D eigenvalue weighted by Crippen LogP contribution is 2.53. The molecule has 3 heterocycles. The number of anilines is 1. The van der Waals surface area contributed by atoms with Crippen molar-refractivity contribution >= 4 is 17.7 Å². The van der Waals surface area contributed by atoms with E-state index in [1.165, 1.54) is 0 Å². The first kappa shape index (κ1) is 20.7. The Labute approximate surface area is 193 Å². The first-order chi connectivity index (χ1) is 15.9. The number of rotatable bonds is 5. The molecule has 0 saturated heterocycles. The lowest BCUT2D eigenvalue weighted by molar-refractivity contribution is -0.0678. The molecule has 2 bridgehead atoms. The van der Waals surface area contributed by atoms with Crippen LogP contribution in [0.5, 0.6) is 5.75 Å². The smallest absolute Gasteiger partial charge is 0.331 e. The van der Waals surface area contributed by atoms with Crippen molar-refractivity contribution in [3.05, 3.63) is 41.3 Å². The number of aromatic nitrogens is 2. The molecule has 0 radical (unpaired) electrons. The van der Waals surface area contributed by atoms with Gasteiger partial charge in [0.25, 0.3) is 0 Å². The maximum absolute atomic E-state index is 13.4. The fraction of sp³-hybridized carbons (Fsp3) is 0.560. The zero-order chi connectivity index (χ0) is 22.8. The summed E-state index contributed by atoms with van der Waals surface area (Å²) in [5, 5.41) is 20.2. The SMILES string of the molecule is CCCN1C(=O)N2C[C@@H](Cc3ccc(O)cc3)N=C2c2[nH]c(C34CCC(O)(CC3)CC4)nc21. The number of aliphatic imine (C=N–C) groups is 1. The first-order valence-corrected chi connectivity index (χ1v) is 12.2. The van der Waals surface area contributed by atoms with E-state index in [1.807, 2.05) is 12.1 Å². The van der Waals surface area contributed by atoms with E-state index in [2.05, 4.69) is 11.9 Å². The summed E-state index contributed by atoms with van der Waals surface area (Å²) in [5.74, 6) is 2.61. The van der Waals surface area contributed by atoms with Crippen LogP contribution in [0.2, 0.25) is 0 Å². The van der Waals surface area contributed by atoms with Gasteiger partial charge in [0.2, 0.25) is 0 Å². The number of phenols is 1. The molecule has 2 aliphatic heterocycles. The van der Waals surface area contributed by atoms with Gasteiger partial charge in [-0.25, -0.2) is 9.78 Å². The van der Waals surface area contributed by atoms with Gasteiger partial charge in [-0.3, -0.25) is 14.8 Å². The summed E-state index contributed by atoms with van der Waals surface area (Å²) in [6.07, 6.45) is 6.79. The van der Waals surface area contributed by atoms with Crippen LogP contribution >= 0.6 is 0 Å². The number of fused-ring (bicyclic) bond motifs is 6. The Balaban J connectivity index is 1.35. The van der Waals surface area contributed by atoms with Crippen LogP contribution in [0, 0.1) is 0 Å². The van der Waals surface area contributed by atoms with E-state index < -0.39 is 5.60 Å². The fourth-order valence-corrected chi connectivity index (χ4v) is 6.11. The van der Waals surface area contributed by atoms with Gasteiger partial charge in [0, 0.05) is 12.0 Å². The van der Waals surface area contributed by atoms with Crippen LogP contribution in [0.15, 0.2) is 29.3 Å². The third-order valence-electron chi connectivity index (χ3n) is 8.14. The number of amidine groups is 1. The van der Waals surface area contributed by atoms with E-state index in [9.17, 15) is 15.0 Å². The van der Waals surface area contributed by atoms with Crippen molar-refractivity contribution in [2.75, 3.05) is 18.0 Å². The van der Waals surface area contributed by atoms with Crippen molar-refractivity contribution in [1.82, 2.24) is 14.9 Å². The molecule has 3 saturated carbocycles. The number of carbonyl (C=O) groups is 1. The number of nitrogens with zero attached hydrogens (tertiary/aromatic N) is 4. The van der Waals surface area contributed by atoms with Gasteiger partial charge in [-0.05, 0) is 69.1 Å². The summed E-state index contributed by atoms with van der Waals surface area (Å²) < 4.78 is 0. The molecular formula is C25H31N5O3. The average Bonchev–Trinajstić information content (AvgIpc) is 3.44. The number of aromatic hydroxyl groups is 1. The molecule has 2 amide bonds. The Morgan fingerprint density at radius 2 is 1.82 bits per heavy atom. The highest BCUT2D eigenvalue weighted by atomic mass is 16.3. The van der Waals surface area contributed by atoms with E-state index in [-0.39, 0.29) is 23.2 Å². The van der Waals surface area contributed by atoms with Gasteiger partial charge in [-0.2, -0.15) is 0 Å². The minimum atomic E-state index is -0.494. The Bertz CT molecular complexity index is 1100. The predicted octanol–water partition coefficient (Wildman–Crippen LogP) is 3.48. The van der Waals surface area contributed by atoms with Gasteiger partial charge in [0.05, 0.1) is 18.2 Å². The zero-order valence-corrected chi connectivity index (χ0v) is 19.0. The van der Waals surface area contributed by atoms with Gasteiger partial charge >= 0.3 is 6.03 Å². The Morgan fingerprint density at radius 1 is 1.12 bits per heavy atom. The van der Waals surface area contributed by atoms with Crippen molar-refractivity contribution < 1.29 is 15.0 Å². The van der Waals surface area contributed by atoms with Crippen LogP contribution in [-0.4, -0.2) is 61.7 Å². The number of nitrogens with one attached hydrogen (secondary N) is 1. The molecule has 0 unspecified atom stereocenters. The van der Waals surface area contributed by atoms with Gasteiger partial charge in [-0.15, -0.1) is 0 Å². The number of H-pyrrole nitrogens is 1. The third-order valence-corrected chi connectivity index (χ3v) is 8.14. The number of imidazole rings is 1. The Hall–Kier alpha value is -2.87. The number of aliphatic hydroxyl groups is 1. The minimum absolute atomic E-state index is 0.0350. The Kier molecular flexibility index (Phi) is 4.59. The lowest BCUT2D eigenvalue weighted by atomic mass is 9.58. The lowest BCUT2D eigenvalue weighted by Crippen LogP contribution is -2.50. The number of phenolic OH excluding ortho intramolecular Hbond substituents is 1. The van der Waals surface area contributed by atoms with Crippen molar-refractivity contribution in [1.29, 1.82) is 0 Å². The van der Waals surface area contributed by atoms with E-state index in [0.29, 0.717) is 31.2 Å². The quantitative estimate of drug-likeness (QED) is 0.650. The summed E-state index contributed by atoms with van der Waals surface area (Å²) in [5.41, 5.74) is 1.40. The summed E-state index contributed by atoms with van der Waals surface area (Å²) >= 11 is 0. The molecule has 5 aliphatic rings. The molecule has 1 aromatic heterocycles. The van der Waals surface area contributed by atoms with Crippen LogP contribution < -0.4 is 4.90 Å². The molecule has 8 nitrogen and oxygen atoms in total. The van der Waals surface area contributed by atoms with Crippen molar-refractivity contribution in [2.24, 2.45) is 4.99 Å². The molecule has 3 N–H and O–H groups in total. The largest absolute Gasteiger partial charge is 0.508 e. The highest BCUT2D eigenvalue weighted by molar-refractivity contribution is 6.18. The molecule has 0 spiro atoms. The molecule has 1 aromatic carbocycles. The number of hydrogen-bond donors (Lipinski definition) is 3. The van der Waals surface area contributed by atoms with Gasteiger partial charge in [-0.1, -0.05) is 19.1 Å². The highest BCUT2D eigenvalue weighted by Gasteiger charge is 2.51. The second-order valence-corrected chi connectivity index (χ2v) is 10.3. The van der Waals surface area contributed by atoms with Gasteiger partial charge in [0.15, 0.2) is 11.7 Å². The normalized spacial score (nSPS) is 30.4. The number of benzene rings is 1. The summed E-state index contributed by atoms with van der Waals surface area (Å²) in [4.78, 5) is 30.6. The number of aromatic amines is 1. The van der Waals surface area contributed by atoms with Gasteiger partial charge in [0.1, 0.15) is 17.3 Å². The van der Waals surface area contributed by atoms with Crippen LogP contribution in [-0.2, 0) is 11.8 Å². The van der Waals surface area contributed by atoms with E-state index >= 15 is 0 Å². The summed E-state index contributed by atoms with van der Waals surface area (Å²) in [6, 6.07) is 7.11. The number of hydrogen-bond acceptors (Lipinski definition) is 5. The standard InChI is InChI=1S/C25H31N5O3/c1-2-13-29-21-19(27-22(28-21)24-7-10-25(33,11-8-24)12-9-24)20-26-17(15-30(20)23(29)32)14-16-3-5-18(31)6-4-16/h3-6,17,31,33H,2,7-15H2,1H3,(H,27,28)/t17-,24?,25?/m1/s1. The number of carbonyl (C=O) groups excluding carboxylic acids is 1. The molecule has 8 heteroatoms. The van der Waals surface area contributed by atoms with Gasteiger partial charge < -0.3 is 15.2 Å². The number of amides is 2. The molecule has 33 heavy (non-hydrogen) atoms. The molecule has 2 aromatic rings. The minimum Gasteiger partial charge on any atom is -0.508 e. The molecule has 3 aliphatic carbocycles. The van der Waals surface area contributed by atoms with E-state index in [0.717, 1.165) is 62.0 Å².